The van der Waals surface area contributed by atoms with Crippen molar-refractivity contribution in [1.82, 2.24) is 14.1 Å². The van der Waals surface area contributed by atoms with Gasteiger partial charge in [0.1, 0.15) is 0 Å². The van der Waals surface area contributed by atoms with E-state index in [4.69, 9.17) is 4.98 Å². The zero-order chi connectivity index (χ0) is 29.0. The van der Waals surface area contributed by atoms with Gasteiger partial charge in [0, 0.05) is 39.2 Å². The lowest BCUT2D eigenvalue weighted by atomic mass is 10.0. The molecule has 44 heavy (non-hydrogen) atoms. The molecule has 0 unspecified atom stereocenters. The van der Waals surface area contributed by atoms with Crippen molar-refractivity contribution < 1.29 is 0 Å². The Morgan fingerprint density at radius 2 is 1.00 bits per heavy atom. The molecule has 3 aromatic heterocycles. The zero-order valence-corrected chi connectivity index (χ0v) is 23.9. The molecule has 0 fully saturated rings. The summed E-state index contributed by atoms with van der Waals surface area (Å²) in [5.74, 6) is 0. The van der Waals surface area contributed by atoms with Crippen LogP contribution in [-0.2, 0) is 0 Å². The molecule has 0 aliphatic carbocycles. The number of para-hydroxylation sites is 2. The minimum Gasteiger partial charge on any atom is -0.317 e. The lowest BCUT2D eigenvalue weighted by Crippen LogP contribution is -1.98. The van der Waals surface area contributed by atoms with Crippen LogP contribution in [0.15, 0.2) is 164 Å². The van der Waals surface area contributed by atoms with Crippen molar-refractivity contribution in [3.8, 4) is 33.9 Å². The summed E-state index contributed by atoms with van der Waals surface area (Å²) in [5, 5.41) is 6.22. The highest BCUT2D eigenvalue weighted by molar-refractivity contribution is 6.18. The van der Waals surface area contributed by atoms with Crippen LogP contribution < -0.4 is 0 Å². The molecule has 3 nitrogen and oxygen atoms in total. The van der Waals surface area contributed by atoms with E-state index in [1.807, 2.05) is 0 Å². The second kappa shape index (κ2) is 9.82. The fourth-order valence-electron chi connectivity index (χ4n) is 6.66. The van der Waals surface area contributed by atoms with Gasteiger partial charge in [-0.1, -0.05) is 103 Å². The number of aromatic nitrogens is 3. The third-order valence-electron chi connectivity index (χ3n) is 8.72. The highest BCUT2D eigenvalue weighted by Gasteiger charge is 2.17. The minimum absolute atomic E-state index is 0.955. The summed E-state index contributed by atoms with van der Waals surface area (Å²) in [6, 6.07) is 56.2. The molecule has 0 bridgehead atoms. The fraction of sp³-hybridized carbons (Fsp3) is 0. The lowest BCUT2D eigenvalue weighted by Gasteiger charge is -2.13. The van der Waals surface area contributed by atoms with E-state index in [0.717, 1.165) is 33.9 Å². The average Bonchev–Trinajstić information content (AvgIpc) is 3.68. The van der Waals surface area contributed by atoms with Gasteiger partial charge in [0.15, 0.2) is 0 Å². The molecule has 0 aliphatic heterocycles. The van der Waals surface area contributed by atoms with Gasteiger partial charge in [-0.25, -0.2) is 4.98 Å². The van der Waals surface area contributed by atoms with Crippen LogP contribution in [0.4, 0.5) is 0 Å². The first-order valence-corrected chi connectivity index (χ1v) is 15.0. The minimum atomic E-state index is 0.955. The Hall–Kier alpha value is -5.93. The van der Waals surface area contributed by atoms with E-state index in [0.29, 0.717) is 0 Å². The van der Waals surface area contributed by atoms with Gasteiger partial charge in [0.05, 0.1) is 33.6 Å². The summed E-state index contributed by atoms with van der Waals surface area (Å²) in [5.41, 5.74) is 9.93. The van der Waals surface area contributed by atoms with Gasteiger partial charge in [0.25, 0.3) is 0 Å². The van der Waals surface area contributed by atoms with Crippen LogP contribution in [0.5, 0.6) is 0 Å². The normalized spacial score (nSPS) is 11.6. The van der Waals surface area contributed by atoms with Gasteiger partial charge < -0.3 is 9.13 Å². The number of nitrogens with zero attached hydrogens (tertiary/aromatic N) is 3. The first kappa shape index (κ1) is 24.6. The average molecular weight is 562 g/mol. The summed E-state index contributed by atoms with van der Waals surface area (Å²) in [6.45, 7) is 0. The van der Waals surface area contributed by atoms with Gasteiger partial charge in [-0.05, 0) is 65.4 Å². The van der Waals surface area contributed by atoms with E-state index in [1.54, 1.807) is 0 Å². The van der Waals surface area contributed by atoms with E-state index in [-0.39, 0.29) is 0 Å². The van der Waals surface area contributed by atoms with Crippen LogP contribution in [0.2, 0.25) is 0 Å². The van der Waals surface area contributed by atoms with Crippen molar-refractivity contribution in [3.05, 3.63) is 164 Å². The smallest absolute Gasteiger partial charge is 0.0730 e. The van der Waals surface area contributed by atoms with Crippen molar-refractivity contribution in [2.75, 3.05) is 0 Å². The highest BCUT2D eigenvalue weighted by Crippen LogP contribution is 2.39. The number of fused-ring (bicyclic) bond motifs is 6. The summed E-state index contributed by atoms with van der Waals surface area (Å²) in [6.07, 6.45) is 2.18. The van der Waals surface area contributed by atoms with Gasteiger partial charge in [-0.2, -0.15) is 0 Å². The Labute approximate surface area is 254 Å². The molecule has 0 amide bonds. The van der Waals surface area contributed by atoms with Crippen molar-refractivity contribution in [3.63, 3.8) is 0 Å². The first-order chi connectivity index (χ1) is 21.8. The first-order valence-electron chi connectivity index (χ1n) is 15.0. The van der Waals surface area contributed by atoms with Gasteiger partial charge in [-0.3, -0.25) is 0 Å². The molecule has 9 aromatic rings. The molecule has 206 valence electrons. The maximum Gasteiger partial charge on any atom is 0.0730 e. The molecule has 0 saturated carbocycles. The number of rotatable bonds is 4. The predicted octanol–water partition coefficient (Wildman–Crippen LogP) is 10.6. The summed E-state index contributed by atoms with van der Waals surface area (Å²) < 4.78 is 4.69. The van der Waals surface area contributed by atoms with Crippen molar-refractivity contribution in [1.29, 1.82) is 0 Å². The Morgan fingerprint density at radius 3 is 1.70 bits per heavy atom. The van der Waals surface area contributed by atoms with Crippen LogP contribution in [-0.4, -0.2) is 14.1 Å². The molecule has 0 radical (unpaired) electrons. The molecular formula is C41H27N3. The molecule has 3 heteroatoms. The second-order valence-electron chi connectivity index (χ2n) is 11.3. The SMILES string of the molecule is c1ccc(-c2cc(-n3c4ccccc4c4cc5ccc6c(ccn6-c6ccccc6)c5cc43)cc(-c3ccccc3)n2)cc1. The second-order valence-corrected chi connectivity index (χ2v) is 11.3. The van der Waals surface area contributed by atoms with Crippen LogP contribution >= 0.6 is 0 Å². The Kier molecular flexibility index (Phi) is 5.50. The summed E-state index contributed by atoms with van der Waals surface area (Å²) in [7, 11) is 0. The van der Waals surface area contributed by atoms with Crippen molar-refractivity contribution in [2.45, 2.75) is 0 Å². The highest BCUT2D eigenvalue weighted by atomic mass is 15.0. The maximum atomic E-state index is 5.15. The van der Waals surface area contributed by atoms with Gasteiger partial charge in [-0.15, -0.1) is 0 Å². The Morgan fingerprint density at radius 1 is 0.386 bits per heavy atom. The van der Waals surface area contributed by atoms with Crippen molar-refractivity contribution >= 4 is 43.5 Å². The monoisotopic (exact) mass is 561 g/mol. The van der Waals surface area contributed by atoms with Crippen LogP contribution in [0.3, 0.4) is 0 Å². The molecule has 0 spiro atoms. The Bertz CT molecular complexity index is 2410. The van der Waals surface area contributed by atoms with E-state index in [1.165, 1.54) is 43.5 Å². The number of benzene rings is 6. The van der Waals surface area contributed by atoms with Crippen LogP contribution in [0.25, 0.3) is 77.4 Å². The summed E-state index contributed by atoms with van der Waals surface area (Å²) in [4.78, 5) is 5.15. The number of pyridine rings is 1. The van der Waals surface area contributed by atoms with E-state index < -0.39 is 0 Å². The zero-order valence-electron chi connectivity index (χ0n) is 23.9. The molecule has 0 saturated heterocycles. The topological polar surface area (TPSA) is 22.8 Å². The largest absolute Gasteiger partial charge is 0.317 e. The van der Waals surface area contributed by atoms with Crippen molar-refractivity contribution in [2.24, 2.45) is 0 Å². The predicted molar refractivity (Wildman–Crippen MR) is 184 cm³/mol. The van der Waals surface area contributed by atoms with E-state index in [2.05, 4.69) is 173 Å². The Balaban J connectivity index is 1.35. The quantitative estimate of drug-likeness (QED) is 0.210. The van der Waals surface area contributed by atoms with Gasteiger partial charge in [0.2, 0.25) is 0 Å². The third-order valence-corrected chi connectivity index (χ3v) is 8.72. The van der Waals surface area contributed by atoms with E-state index in [9.17, 15) is 0 Å². The molecular weight excluding hydrogens is 534 g/mol. The molecule has 0 atom stereocenters. The van der Waals surface area contributed by atoms with Crippen LogP contribution in [0, 0.1) is 0 Å². The standard InChI is InChI=1S/C41H27N3/c1-4-12-28(13-5-1)37-25-32(26-38(42-37)29-14-6-2-7-15-29)44-40-19-11-10-18-33(40)36-24-30-20-21-39-34(35(30)27-41(36)44)22-23-43(39)31-16-8-3-9-17-31/h1-27H. The number of hydrogen-bond donors (Lipinski definition) is 0. The maximum absolute atomic E-state index is 5.15. The molecule has 3 heterocycles. The van der Waals surface area contributed by atoms with Crippen LogP contribution in [0.1, 0.15) is 0 Å². The molecule has 0 N–H and O–H groups in total. The fourth-order valence-corrected chi connectivity index (χ4v) is 6.66. The summed E-state index contributed by atoms with van der Waals surface area (Å²) >= 11 is 0. The third kappa shape index (κ3) is 3.87. The number of hydrogen-bond acceptors (Lipinski definition) is 1. The van der Waals surface area contributed by atoms with Gasteiger partial charge >= 0.3 is 0 Å². The lowest BCUT2D eigenvalue weighted by molar-refractivity contribution is 1.13. The molecule has 9 rings (SSSR count). The molecule has 0 aliphatic rings. The molecule has 6 aromatic carbocycles. The van der Waals surface area contributed by atoms with E-state index >= 15 is 0 Å².